The molecule has 0 bridgehead atoms. The minimum atomic E-state index is -1.06. The normalized spacial score (nSPS) is 19.9. The number of halogens is 1. The van der Waals surface area contributed by atoms with Gasteiger partial charge in [0.15, 0.2) is 6.61 Å². The summed E-state index contributed by atoms with van der Waals surface area (Å²) in [6.07, 6.45) is 1.11. The molecule has 1 saturated heterocycles. The Morgan fingerprint density at radius 1 is 1.22 bits per heavy atom. The Kier molecular flexibility index (Phi) is 5.87. The van der Waals surface area contributed by atoms with Crippen LogP contribution in [0, 0.1) is 5.41 Å². The van der Waals surface area contributed by atoms with Gasteiger partial charge in [0.1, 0.15) is 11.2 Å². The molecule has 1 heterocycles. The predicted octanol–water partition coefficient (Wildman–Crippen LogP) is 3.21. The monoisotopic (exact) mass is 391 g/mol. The van der Waals surface area contributed by atoms with Gasteiger partial charge in [0.2, 0.25) is 0 Å². The number of carboxylic acid groups (broad SMARTS) is 1. The van der Waals surface area contributed by atoms with Gasteiger partial charge < -0.3 is 19.5 Å². The molecule has 27 heavy (non-hydrogen) atoms. The van der Waals surface area contributed by atoms with Crippen LogP contribution in [-0.4, -0.2) is 55.3 Å². The van der Waals surface area contributed by atoms with Crippen LogP contribution in [0.3, 0.4) is 0 Å². The highest BCUT2D eigenvalue weighted by atomic mass is 35.5. The number of methoxy groups -OCH3 is 1. The fraction of sp³-hybridized carbons (Fsp3) is 0.400. The number of ether oxygens (including phenoxy) is 2. The van der Waals surface area contributed by atoms with Crippen LogP contribution in [0.4, 0.5) is 0 Å². The Bertz CT molecular complexity index is 851. The molecule has 2 aromatic carbocycles. The lowest BCUT2D eigenvalue weighted by molar-refractivity contribution is -0.159. The quantitative estimate of drug-likeness (QED) is 0.818. The van der Waals surface area contributed by atoms with Gasteiger partial charge in [-0.1, -0.05) is 35.9 Å². The zero-order valence-corrected chi connectivity index (χ0v) is 15.9. The van der Waals surface area contributed by atoms with E-state index in [0.29, 0.717) is 30.2 Å². The molecule has 1 aliphatic rings. The van der Waals surface area contributed by atoms with Crippen molar-refractivity contribution >= 4 is 34.2 Å². The Hall–Kier alpha value is -2.31. The van der Waals surface area contributed by atoms with Gasteiger partial charge in [-0.25, -0.2) is 0 Å². The van der Waals surface area contributed by atoms with Crippen LogP contribution in [-0.2, 0) is 14.3 Å². The molecule has 0 radical (unpaired) electrons. The van der Waals surface area contributed by atoms with Crippen LogP contribution in [0.15, 0.2) is 36.4 Å². The number of aliphatic carboxylic acids is 1. The molecule has 2 aromatic rings. The molecule has 1 unspecified atom stereocenters. The van der Waals surface area contributed by atoms with E-state index in [1.807, 2.05) is 24.3 Å². The largest absolute Gasteiger partial charge is 0.483 e. The van der Waals surface area contributed by atoms with Crippen LogP contribution in [0.25, 0.3) is 10.8 Å². The molecule has 7 heteroatoms. The van der Waals surface area contributed by atoms with Gasteiger partial charge in [0, 0.05) is 36.0 Å². The van der Waals surface area contributed by atoms with Crippen LogP contribution in [0.5, 0.6) is 5.75 Å². The van der Waals surface area contributed by atoms with E-state index in [4.69, 9.17) is 21.1 Å². The van der Waals surface area contributed by atoms with Gasteiger partial charge in [-0.3, -0.25) is 9.59 Å². The zero-order valence-electron chi connectivity index (χ0n) is 15.1. The van der Waals surface area contributed by atoms with Crippen molar-refractivity contribution in [2.24, 2.45) is 5.41 Å². The van der Waals surface area contributed by atoms with Gasteiger partial charge in [-0.05, 0) is 25.0 Å². The van der Waals surface area contributed by atoms with Gasteiger partial charge in [-0.15, -0.1) is 0 Å². The number of hydrogen-bond acceptors (Lipinski definition) is 4. The first-order chi connectivity index (χ1) is 13.0. The number of carbonyl (C=O) groups is 2. The molecule has 144 valence electrons. The Morgan fingerprint density at radius 2 is 1.96 bits per heavy atom. The first kappa shape index (κ1) is 19.5. The molecule has 0 saturated carbocycles. The third kappa shape index (κ3) is 4.01. The number of nitrogens with zero attached hydrogens (tertiary/aromatic N) is 1. The maximum absolute atomic E-state index is 12.6. The second-order valence-electron chi connectivity index (χ2n) is 6.82. The number of fused-ring (bicyclic) bond motifs is 1. The number of hydrogen-bond donors (Lipinski definition) is 1. The van der Waals surface area contributed by atoms with Crippen LogP contribution < -0.4 is 4.74 Å². The van der Waals surface area contributed by atoms with Crippen molar-refractivity contribution in [3.63, 3.8) is 0 Å². The molecule has 6 nitrogen and oxygen atoms in total. The molecular formula is C20H22ClNO5. The van der Waals surface area contributed by atoms with Crippen molar-refractivity contribution in [2.75, 3.05) is 33.4 Å². The highest BCUT2D eigenvalue weighted by Gasteiger charge is 2.43. The van der Waals surface area contributed by atoms with E-state index in [0.717, 1.165) is 10.8 Å². The summed E-state index contributed by atoms with van der Waals surface area (Å²) in [6.45, 7) is 0.561. The Morgan fingerprint density at radius 3 is 2.67 bits per heavy atom. The van der Waals surface area contributed by atoms with Crippen molar-refractivity contribution < 1.29 is 24.2 Å². The summed E-state index contributed by atoms with van der Waals surface area (Å²) < 4.78 is 10.8. The summed E-state index contributed by atoms with van der Waals surface area (Å²) in [5.41, 5.74) is -1.06. The number of rotatable bonds is 6. The second kappa shape index (κ2) is 8.15. The van der Waals surface area contributed by atoms with Gasteiger partial charge >= 0.3 is 5.97 Å². The van der Waals surface area contributed by atoms with Crippen molar-refractivity contribution in [2.45, 2.75) is 12.8 Å². The highest BCUT2D eigenvalue weighted by molar-refractivity contribution is 6.35. The molecule has 1 N–H and O–H groups in total. The molecule has 1 aliphatic heterocycles. The van der Waals surface area contributed by atoms with E-state index in [-0.39, 0.29) is 25.7 Å². The van der Waals surface area contributed by atoms with E-state index in [1.165, 1.54) is 7.11 Å². The fourth-order valence-corrected chi connectivity index (χ4v) is 3.79. The number of piperidine rings is 1. The summed E-state index contributed by atoms with van der Waals surface area (Å²) in [5.74, 6) is -0.608. The number of carbonyl (C=O) groups excluding carboxylic acids is 1. The molecule has 1 fully saturated rings. The average molecular weight is 392 g/mol. The number of benzene rings is 2. The molecule has 1 atom stereocenters. The standard InChI is InChI=1S/C20H22ClNO5/c1-26-13-20(19(24)25)9-4-10-22(12-20)18(23)11-27-17-8-7-16(21)14-5-2-3-6-15(14)17/h2-3,5-8H,4,9-13H2,1H3,(H,24,25). The van der Waals surface area contributed by atoms with E-state index < -0.39 is 11.4 Å². The van der Waals surface area contributed by atoms with Crippen molar-refractivity contribution in [3.8, 4) is 5.75 Å². The van der Waals surface area contributed by atoms with Crippen molar-refractivity contribution in [3.05, 3.63) is 41.4 Å². The Labute approximate surface area is 162 Å². The van der Waals surface area contributed by atoms with E-state index in [1.54, 1.807) is 17.0 Å². The molecule has 3 rings (SSSR count). The Balaban J connectivity index is 1.71. The third-order valence-corrected chi connectivity index (χ3v) is 5.32. The summed E-state index contributed by atoms with van der Waals surface area (Å²) in [4.78, 5) is 25.9. The van der Waals surface area contributed by atoms with E-state index in [2.05, 4.69) is 0 Å². The maximum Gasteiger partial charge on any atom is 0.313 e. The van der Waals surface area contributed by atoms with Crippen LogP contribution in [0.2, 0.25) is 5.02 Å². The minimum Gasteiger partial charge on any atom is -0.483 e. The summed E-state index contributed by atoms with van der Waals surface area (Å²) >= 11 is 6.21. The minimum absolute atomic E-state index is 0.0782. The van der Waals surface area contributed by atoms with E-state index in [9.17, 15) is 14.7 Å². The van der Waals surface area contributed by atoms with Crippen LogP contribution in [0.1, 0.15) is 12.8 Å². The first-order valence-corrected chi connectivity index (χ1v) is 9.15. The molecular weight excluding hydrogens is 370 g/mol. The topological polar surface area (TPSA) is 76.1 Å². The van der Waals surface area contributed by atoms with E-state index >= 15 is 0 Å². The van der Waals surface area contributed by atoms with Gasteiger partial charge in [0.05, 0.1) is 6.61 Å². The fourth-order valence-electron chi connectivity index (χ4n) is 3.57. The summed E-state index contributed by atoms with van der Waals surface area (Å²) in [5, 5.41) is 11.9. The van der Waals surface area contributed by atoms with Crippen LogP contribution >= 0.6 is 11.6 Å². The second-order valence-corrected chi connectivity index (χ2v) is 7.22. The number of carboxylic acids is 1. The zero-order chi connectivity index (χ0) is 19.4. The molecule has 0 spiro atoms. The van der Waals surface area contributed by atoms with Crippen molar-refractivity contribution in [1.29, 1.82) is 0 Å². The molecule has 0 aromatic heterocycles. The first-order valence-electron chi connectivity index (χ1n) is 8.77. The third-order valence-electron chi connectivity index (χ3n) is 4.99. The number of amides is 1. The lowest BCUT2D eigenvalue weighted by Crippen LogP contribution is -2.53. The summed E-state index contributed by atoms with van der Waals surface area (Å²) in [6, 6.07) is 11.0. The smallest absolute Gasteiger partial charge is 0.313 e. The van der Waals surface area contributed by atoms with Gasteiger partial charge in [-0.2, -0.15) is 0 Å². The highest BCUT2D eigenvalue weighted by Crippen LogP contribution is 2.32. The van der Waals surface area contributed by atoms with Gasteiger partial charge in [0.25, 0.3) is 5.91 Å². The SMILES string of the molecule is COCC1(C(=O)O)CCCN(C(=O)COc2ccc(Cl)c3ccccc23)C1. The molecule has 0 aliphatic carbocycles. The lowest BCUT2D eigenvalue weighted by Gasteiger charge is -2.39. The maximum atomic E-state index is 12.6. The lowest BCUT2D eigenvalue weighted by atomic mass is 9.80. The average Bonchev–Trinajstić information content (AvgIpc) is 2.68. The predicted molar refractivity (Wildman–Crippen MR) is 102 cm³/mol. The summed E-state index contributed by atoms with van der Waals surface area (Å²) in [7, 11) is 1.47. The number of likely N-dealkylation sites (tertiary alicyclic amines) is 1. The van der Waals surface area contributed by atoms with Crippen molar-refractivity contribution in [1.82, 2.24) is 4.90 Å². The molecule has 1 amide bonds.